The van der Waals surface area contributed by atoms with Crippen molar-refractivity contribution in [3.05, 3.63) is 235 Å². The molecule has 11 aromatic carbocycles. The highest BCUT2D eigenvalue weighted by atomic mass is 16.3. The Bertz CT molecular complexity index is 5230. The average Bonchev–Trinajstić information content (AvgIpc) is 4.33. The Labute approximate surface area is 432 Å². The summed E-state index contributed by atoms with van der Waals surface area (Å²) in [6.07, 6.45) is 0. The summed E-state index contributed by atoms with van der Waals surface area (Å²) < 4.78 is 27.9. The molecule has 0 saturated carbocycles. The van der Waals surface area contributed by atoms with E-state index < -0.39 is 0 Å². The van der Waals surface area contributed by atoms with Crippen molar-refractivity contribution in [1.29, 1.82) is 5.26 Å². The van der Waals surface area contributed by atoms with Gasteiger partial charge in [-0.05, 0) is 125 Å². The number of nitrogens with zero attached hydrogens (tertiary/aromatic N) is 4. The predicted octanol–water partition coefficient (Wildman–Crippen LogP) is 19.6. The maximum Gasteiger partial charge on any atom is 0.212 e. The van der Waals surface area contributed by atoms with Gasteiger partial charge in [0.25, 0.3) is 0 Å². The lowest BCUT2D eigenvalue weighted by atomic mass is 10.00. The molecule has 352 valence electrons. The van der Waals surface area contributed by atoms with Crippen LogP contribution in [0.25, 0.3) is 142 Å². The van der Waals surface area contributed by atoms with Gasteiger partial charge in [0.2, 0.25) is 5.69 Å². The molecule has 76 heavy (non-hydrogen) atoms. The second kappa shape index (κ2) is 15.8. The van der Waals surface area contributed by atoms with Gasteiger partial charge in [-0.3, -0.25) is 0 Å². The molecule has 0 N–H and O–H groups in total. The number of benzene rings is 11. The molecule has 0 fully saturated rings. The lowest BCUT2D eigenvalue weighted by Gasteiger charge is -2.29. The maximum absolute atomic E-state index is 11.8. The number of rotatable bonds is 6. The van der Waals surface area contributed by atoms with Crippen LogP contribution in [0.3, 0.4) is 0 Å². The monoisotopic (exact) mass is 972 g/mol. The Morgan fingerprint density at radius 1 is 0.395 bits per heavy atom. The first-order valence-corrected chi connectivity index (χ1v) is 25.0. The predicted molar refractivity (Wildman–Crippen MR) is 306 cm³/mol. The van der Waals surface area contributed by atoms with E-state index >= 15 is 0 Å². The molecular weight excluding hydrogens is 937 g/mol. The number of anilines is 3. The maximum atomic E-state index is 11.8. The third kappa shape index (κ3) is 6.04. The van der Waals surface area contributed by atoms with Crippen molar-refractivity contribution in [2.45, 2.75) is 0 Å². The summed E-state index contributed by atoms with van der Waals surface area (Å²) in [5.41, 5.74) is 15.4. The standard InChI is InChI=1S/C68H36N4O4/c1-70-55-28-31-57(72-56-29-20-41(42-22-33-64-52(35-42)48-13-5-8-16-61(48)74-64)36-53(56)66-58(72)30-27-50-46-11-3-9-17-62(46)76-68(50)66)54(38-69)67(55)71(44-25-26-49-45-10-2-6-14-59(45)75-65(49)37-44)43-23-18-39(19-24-43)40-21-32-63-51(34-40)47-12-4-7-15-60(47)73-63/h2-37H. The molecule has 8 nitrogen and oxygen atoms in total. The van der Waals surface area contributed by atoms with Gasteiger partial charge >= 0.3 is 0 Å². The van der Waals surface area contributed by atoms with Crippen molar-refractivity contribution in [2.24, 2.45) is 0 Å². The van der Waals surface area contributed by atoms with Crippen molar-refractivity contribution in [2.75, 3.05) is 4.90 Å². The van der Waals surface area contributed by atoms with Gasteiger partial charge in [-0.2, -0.15) is 5.26 Å². The van der Waals surface area contributed by atoms with Crippen LogP contribution < -0.4 is 4.90 Å². The molecule has 0 unspecified atom stereocenters. The number of para-hydroxylation sites is 4. The summed E-state index contributed by atoms with van der Waals surface area (Å²) >= 11 is 0. The number of fused-ring (bicyclic) bond motifs is 16. The molecule has 16 rings (SSSR count). The van der Waals surface area contributed by atoms with Crippen LogP contribution in [0.4, 0.5) is 22.7 Å². The molecule has 0 amide bonds. The Hall–Kier alpha value is -10.8. The molecular formula is C68H36N4O4. The second-order valence-corrected chi connectivity index (χ2v) is 19.3. The highest BCUT2D eigenvalue weighted by Gasteiger charge is 2.28. The number of hydrogen-bond acceptors (Lipinski definition) is 6. The lowest BCUT2D eigenvalue weighted by Crippen LogP contribution is -2.13. The summed E-state index contributed by atoms with van der Waals surface area (Å²) in [5, 5.41) is 21.9. The van der Waals surface area contributed by atoms with Crippen molar-refractivity contribution in [3.63, 3.8) is 0 Å². The van der Waals surface area contributed by atoms with Gasteiger partial charge in [-0.15, -0.1) is 0 Å². The van der Waals surface area contributed by atoms with Crippen LogP contribution >= 0.6 is 0 Å². The molecule has 0 aliphatic heterocycles. The third-order valence-electron chi connectivity index (χ3n) is 15.3. The van der Waals surface area contributed by atoms with Gasteiger partial charge in [0.05, 0.1) is 39.9 Å². The average molecular weight is 973 g/mol. The Morgan fingerprint density at radius 3 is 1.50 bits per heavy atom. The summed E-state index contributed by atoms with van der Waals surface area (Å²) in [6, 6.07) is 76.5. The summed E-state index contributed by atoms with van der Waals surface area (Å²) in [6.45, 7) is 8.71. The fraction of sp³-hybridized carbons (Fsp3) is 0. The molecule has 0 aliphatic rings. The molecule has 0 spiro atoms. The van der Waals surface area contributed by atoms with E-state index in [-0.39, 0.29) is 0 Å². The summed E-state index contributed by atoms with van der Waals surface area (Å²) in [5.74, 6) is 0. The van der Waals surface area contributed by atoms with E-state index in [1.54, 1.807) is 0 Å². The van der Waals surface area contributed by atoms with Crippen LogP contribution in [0.15, 0.2) is 236 Å². The fourth-order valence-corrected chi connectivity index (χ4v) is 11.8. The molecule has 16 aromatic rings. The minimum absolute atomic E-state index is 0.316. The van der Waals surface area contributed by atoms with Crippen molar-refractivity contribution < 1.29 is 17.7 Å². The van der Waals surface area contributed by atoms with E-state index in [0.717, 1.165) is 138 Å². The summed E-state index contributed by atoms with van der Waals surface area (Å²) in [4.78, 5) is 6.18. The van der Waals surface area contributed by atoms with Crippen LogP contribution in [0.1, 0.15) is 5.56 Å². The zero-order valence-electron chi connectivity index (χ0n) is 40.2. The Morgan fingerprint density at radius 2 is 0.868 bits per heavy atom. The third-order valence-corrected chi connectivity index (χ3v) is 15.3. The normalized spacial score (nSPS) is 11.9. The highest BCUT2D eigenvalue weighted by Crippen LogP contribution is 2.49. The number of furan rings is 4. The number of aromatic nitrogens is 1. The minimum Gasteiger partial charge on any atom is -0.456 e. The first-order chi connectivity index (χ1) is 37.6. The lowest BCUT2D eigenvalue weighted by molar-refractivity contribution is 0.668. The van der Waals surface area contributed by atoms with Crippen molar-refractivity contribution in [3.8, 4) is 34.0 Å². The smallest absolute Gasteiger partial charge is 0.212 e. The summed E-state index contributed by atoms with van der Waals surface area (Å²) in [7, 11) is 0. The second-order valence-electron chi connectivity index (χ2n) is 19.3. The van der Waals surface area contributed by atoms with Crippen molar-refractivity contribution >= 4 is 132 Å². The number of hydrogen-bond donors (Lipinski definition) is 0. The van der Waals surface area contributed by atoms with Gasteiger partial charge in [0.1, 0.15) is 50.7 Å². The largest absolute Gasteiger partial charge is 0.456 e. The van der Waals surface area contributed by atoms with Gasteiger partial charge in [0, 0.05) is 65.9 Å². The first-order valence-electron chi connectivity index (χ1n) is 25.0. The highest BCUT2D eigenvalue weighted by molar-refractivity contribution is 6.24. The van der Waals surface area contributed by atoms with E-state index in [1.165, 1.54) is 0 Å². The quantitative estimate of drug-likeness (QED) is 0.154. The van der Waals surface area contributed by atoms with Gasteiger partial charge in [0.15, 0.2) is 0 Å². The number of nitriles is 1. The van der Waals surface area contributed by atoms with E-state index in [1.807, 2.05) is 114 Å². The van der Waals surface area contributed by atoms with E-state index in [4.69, 9.17) is 24.2 Å². The molecule has 5 heterocycles. The molecule has 0 aliphatic carbocycles. The van der Waals surface area contributed by atoms with E-state index in [2.05, 4.69) is 125 Å². The Kier molecular flexibility index (Phi) is 8.71. The van der Waals surface area contributed by atoms with Crippen LogP contribution in [0.5, 0.6) is 0 Å². The molecule has 8 heteroatoms. The zero-order valence-corrected chi connectivity index (χ0v) is 40.2. The first kappa shape index (κ1) is 41.8. The fourth-order valence-electron chi connectivity index (χ4n) is 11.8. The van der Waals surface area contributed by atoms with Gasteiger partial charge in [-0.1, -0.05) is 109 Å². The van der Waals surface area contributed by atoms with Gasteiger partial charge in [-0.25, -0.2) is 4.85 Å². The topological polar surface area (TPSA) is 88.9 Å². The van der Waals surface area contributed by atoms with Crippen LogP contribution in [0, 0.1) is 17.9 Å². The van der Waals surface area contributed by atoms with E-state index in [9.17, 15) is 5.26 Å². The Balaban J connectivity index is 0.927. The van der Waals surface area contributed by atoms with Crippen molar-refractivity contribution in [1.82, 2.24) is 4.57 Å². The molecule has 0 atom stereocenters. The van der Waals surface area contributed by atoms with Crippen LogP contribution in [0.2, 0.25) is 0 Å². The van der Waals surface area contributed by atoms with Gasteiger partial charge < -0.3 is 27.1 Å². The molecule has 0 bridgehead atoms. The van der Waals surface area contributed by atoms with Crippen LogP contribution in [-0.2, 0) is 0 Å². The molecule has 0 radical (unpaired) electrons. The molecule has 0 saturated heterocycles. The van der Waals surface area contributed by atoms with E-state index in [0.29, 0.717) is 28.2 Å². The SMILES string of the molecule is [C-]#[N+]c1ccc(-n2c3ccc(-c4ccc5oc6ccccc6c5c4)cc3c3c4oc5ccccc5c4ccc32)c(C#N)c1N(c1ccc(-c2ccc3oc4ccccc4c3c2)cc1)c1ccc2c(c1)oc1ccccc12. The minimum atomic E-state index is 0.316. The zero-order chi connectivity index (χ0) is 50.2. The van der Waals surface area contributed by atoms with Crippen LogP contribution in [-0.4, -0.2) is 4.57 Å². The molecule has 5 aromatic heterocycles.